The molecule has 1 N–H and O–H groups in total. The van der Waals surface area contributed by atoms with Gasteiger partial charge in [-0.25, -0.2) is 4.98 Å². The molecule has 4 aromatic heterocycles. The van der Waals surface area contributed by atoms with Crippen molar-refractivity contribution in [1.82, 2.24) is 25.1 Å². The summed E-state index contributed by atoms with van der Waals surface area (Å²) in [5.74, 6) is 0.864. The van der Waals surface area contributed by atoms with Crippen molar-refractivity contribution >= 4 is 21.6 Å². The fraction of sp³-hybridized carbons (Fsp3) is 0.0714. The molecule has 0 radical (unpaired) electrons. The summed E-state index contributed by atoms with van der Waals surface area (Å²) in [5.41, 5.74) is 1.44. The average molecular weight is 311 g/mol. The molecule has 0 atom stereocenters. The van der Waals surface area contributed by atoms with Gasteiger partial charge in [-0.2, -0.15) is 4.98 Å². The van der Waals surface area contributed by atoms with Crippen LogP contribution in [0.25, 0.3) is 32.4 Å². The first kappa shape index (κ1) is 12.8. The molecule has 7 nitrogen and oxygen atoms in total. The molecule has 0 aliphatic rings. The average Bonchev–Trinajstić information content (AvgIpc) is 3.14. The van der Waals surface area contributed by atoms with E-state index in [1.165, 1.54) is 17.7 Å². The van der Waals surface area contributed by atoms with Crippen molar-refractivity contribution in [1.29, 1.82) is 0 Å². The van der Waals surface area contributed by atoms with Crippen LogP contribution in [-0.2, 0) is 0 Å². The van der Waals surface area contributed by atoms with Gasteiger partial charge in [0.15, 0.2) is 0 Å². The Morgan fingerprint density at radius 3 is 2.86 bits per heavy atom. The van der Waals surface area contributed by atoms with Crippen LogP contribution >= 0.6 is 11.3 Å². The van der Waals surface area contributed by atoms with Gasteiger partial charge in [-0.1, -0.05) is 5.16 Å². The number of nitrogens with zero attached hydrogens (tertiary/aromatic N) is 4. The minimum absolute atomic E-state index is 0.168. The van der Waals surface area contributed by atoms with E-state index in [0.717, 1.165) is 16.0 Å². The van der Waals surface area contributed by atoms with Gasteiger partial charge in [0.25, 0.3) is 11.4 Å². The van der Waals surface area contributed by atoms with Crippen LogP contribution in [0, 0.1) is 6.92 Å². The molecule has 0 bridgehead atoms. The third kappa shape index (κ3) is 1.92. The van der Waals surface area contributed by atoms with Crippen LogP contribution in [0.15, 0.2) is 40.2 Å². The van der Waals surface area contributed by atoms with Crippen LogP contribution in [0.3, 0.4) is 0 Å². The van der Waals surface area contributed by atoms with Crippen LogP contribution in [0.1, 0.15) is 5.56 Å². The molecule has 108 valence electrons. The second-order valence-electron chi connectivity index (χ2n) is 4.63. The smallest absolute Gasteiger partial charge is 0.268 e. The summed E-state index contributed by atoms with van der Waals surface area (Å²) in [6.07, 6.45) is 4.72. The number of H-pyrrole nitrogens is 1. The van der Waals surface area contributed by atoms with Gasteiger partial charge in [-0.05, 0) is 24.6 Å². The highest BCUT2D eigenvalue weighted by Gasteiger charge is 2.19. The van der Waals surface area contributed by atoms with Crippen molar-refractivity contribution in [3.8, 4) is 22.2 Å². The monoisotopic (exact) mass is 311 g/mol. The maximum absolute atomic E-state index is 11.9. The third-order valence-electron chi connectivity index (χ3n) is 3.29. The molecule has 0 aliphatic heterocycles. The zero-order valence-corrected chi connectivity index (χ0v) is 12.2. The van der Waals surface area contributed by atoms with Gasteiger partial charge in [0.2, 0.25) is 5.82 Å². The quantitative estimate of drug-likeness (QED) is 0.610. The van der Waals surface area contributed by atoms with Crippen molar-refractivity contribution in [2.75, 3.05) is 0 Å². The normalized spacial score (nSPS) is 11.1. The standard InChI is InChI=1S/C14H9N5O2S/c1-7-9-12(20)16-6-17-14(9)22-10(7)13-18-11(19-21-13)8-2-4-15-5-3-8/h2-6H,1H3,(H,16,17,20). The second kappa shape index (κ2) is 4.85. The van der Waals surface area contributed by atoms with E-state index in [4.69, 9.17) is 4.52 Å². The van der Waals surface area contributed by atoms with Crippen LogP contribution in [-0.4, -0.2) is 25.1 Å². The number of fused-ring (bicyclic) bond motifs is 1. The van der Waals surface area contributed by atoms with E-state index in [0.29, 0.717) is 21.9 Å². The van der Waals surface area contributed by atoms with Crippen molar-refractivity contribution in [2.45, 2.75) is 6.92 Å². The molecule has 0 aromatic carbocycles. The van der Waals surface area contributed by atoms with Crippen molar-refractivity contribution in [2.24, 2.45) is 0 Å². The van der Waals surface area contributed by atoms with Crippen molar-refractivity contribution in [3.05, 3.63) is 46.8 Å². The lowest BCUT2D eigenvalue weighted by atomic mass is 10.2. The molecule has 0 spiro atoms. The number of thiophene rings is 1. The highest BCUT2D eigenvalue weighted by Crippen LogP contribution is 2.35. The zero-order valence-electron chi connectivity index (χ0n) is 11.4. The molecule has 0 aliphatic carbocycles. The Kier molecular flexibility index (Phi) is 2.83. The molecule has 22 heavy (non-hydrogen) atoms. The highest BCUT2D eigenvalue weighted by molar-refractivity contribution is 7.22. The Morgan fingerprint density at radius 1 is 1.27 bits per heavy atom. The van der Waals surface area contributed by atoms with E-state index in [9.17, 15) is 4.79 Å². The lowest BCUT2D eigenvalue weighted by molar-refractivity contribution is 0.433. The van der Waals surface area contributed by atoms with Crippen LogP contribution in [0.4, 0.5) is 0 Å². The Balaban J connectivity index is 1.87. The van der Waals surface area contributed by atoms with Gasteiger partial charge in [0, 0.05) is 18.0 Å². The number of aromatic amines is 1. The number of aromatic nitrogens is 5. The van der Waals surface area contributed by atoms with Crippen LogP contribution in [0.5, 0.6) is 0 Å². The molecular formula is C14H9N5O2S. The Bertz CT molecular complexity index is 1020. The summed E-state index contributed by atoms with van der Waals surface area (Å²) in [6, 6.07) is 3.61. The maximum atomic E-state index is 11.9. The molecule has 4 rings (SSSR count). The van der Waals surface area contributed by atoms with Crippen molar-refractivity contribution in [3.63, 3.8) is 0 Å². The number of pyridine rings is 1. The molecule has 4 heterocycles. The highest BCUT2D eigenvalue weighted by atomic mass is 32.1. The number of aryl methyl sites for hydroxylation is 1. The molecule has 4 aromatic rings. The molecule has 0 fully saturated rings. The topological polar surface area (TPSA) is 97.6 Å². The molecular weight excluding hydrogens is 302 g/mol. The van der Waals surface area contributed by atoms with Gasteiger partial charge >= 0.3 is 0 Å². The number of hydrogen-bond acceptors (Lipinski definition) is 7. The molecule has 8 heteroatoms. The van der Waals surface area contributed by atoms with E-state index >= 15 is 0 Å². The Morgan fingerprint density at radius 2 is 2.09 bits per heavy atom. The Hall–Kier alpha value is -2.87. The lowest BCUT2D eigenvalue weighted by Gasteiger charge is -1.91. The van der Waals surface area contributed by atoms with E-state index in [1.54, 1.807) is 24.5 Å². The third-order valence-corrected chi connectivity index (χ3v) is 4.48. The molecule has 0 saturated heterocycles. The molecule has 0 unspecified atom stereocenters. The van der Waals surface area contributed by atoms with Gasteiger partial charge in [-0.3, -0.25) is 9.78 Å². The fourth-order valence-corrected chi connectivity index (χ4v) is 3.29. The largest absolute Gasteiger partial charge is 0.333 e. The summed E-state index contributed by atoms with van der Waals surface area (Å²) in [7, 11) is 0. The first-order valence-electron chi connectivity index (χ1n) is 6.45. The molecule has 0 saturated carbocycles. The number of hydrogen-bond donors (Lipinski definition) is 1. The summed E-state index contributed by atoms with van der Waals surface area (Å²) in [4.78, 5) is 28.4. The minimum atomic E-state index is -0.168. The second-order valence-corrected chi connectivity index (χ2v) is 5.63. The van der Waals surface area contributed by atoms with E-state index < -0.39 is 0 Å². The maximum Gasteiger partial charge on any atom is 0.268 e. The predicted molar refractivity (Wildman–Crippen MR) is 81.5 cm³/mol. The number of rotatable bonds is 2. The van der Waals surface area contributed by atoms with E-state index in [2.05, 4.69) is 25.1 Å². The Labute approximate surface area is 127 Å². The summed E-state index contributed by atoms with van der Waals surface area (Å²) >= 11 is 1.36. The first-order valence-corrected chi connectivity index (χ1v) is 7.27. The van der Waals surface area contributed by atoms with E-state index in [-0.39, 0.29) is 5.56 Å². The van der Waals surface area contributed by atoms with Gasteiger partial charge in [0.05, 0.1) is 16.6 Å². The van der Waals surface area contributed by atoms with Gasteiger partial charge < -0.3 is 9.51 Å². The van der Waals surface area contributed by atoms with Gasteiger partial charge in [-0.15, -0.1) is 11.3 Å². The van der Waals surface area contributed by atoms with Crippen LogP contribution in [0.2, 0.25) is 0 Å². The summed E-state index contributed by atoms with van der Waals surface area (Å²) in [5, 5.41) is 4.54. The van der Waals surface area contributed by atoms with Crippen LogP contribution < -0.4 is 5.56 Å². The summed E-state index contributed by atoms with van der Waals surface area (Å²) < 4.78 is 5.34. The minimum Gasteiger partial charge on any atom is -0.333 e. The summed E-state index contributed by atoms with van der Waals surface area (Å²) in [6.45, 7) is 1.85. The van der Waals surface area contributed by atoms with Crippen molar-refractivity contribution < 1.29 is 4.52 Å². The number of nitrogens with one attached hydrogen (secondary N) is 1. The zero-order chi connectivity index (χ0) is 15.1. The fourth-order valence-electron chi connectivity index (χ4n) is 2.22. The lowest BCUT2D eigenvalue weighted by Crippen LogP contribution is -2.05. The van der Waals surface area contributed by atoms with E-state index in [1.807, 2.05) is 6.92 Å². The molecule has 0 amide bonds. The van der Waals surface area contributed by atoms with Gasteiger partial charge in [0.1, 0.15) is 4.83 Å². The predicted octanol–water partition coefficient (Wildman–Crippen LogP) is 2.41. The SMILES string of the molecule is Cc1c(-c2nc(-c3ccncc3)no2)sc2nc[nH]c(=O)c12. The first-order chi connectivity index (χ1) is 10.7.